The minimum atomic E-state index is -0.428. The summed E-state index contributed by atoms with van der Waals surface area (Å²) in [5.41, 5.74) is 2.91. The Labute approximate surface area is 284 Å². The van der Waals surface area contributed by atoms with Crippen molar-refractivity contribution in [1.82, 2.24) is 9.80 Å². The first-order valence-corrected chi connectivity index (χ1v) is 17.5. The van der Waals surface area contributed by atoms with Gasteiger partial charge in [-0.2, -0.15) is 0 Å². The Hall–Kier alpha value is -4.86. The molecule has 0 N–H and O–H groups in total. The normalized spacial score (nSPS) is 20.9. The van der Waals surface area contributed by atoms with Gasteiger partial charge in [0.05, 0.1) is 12.2 Å². The largest absolute Gasteiger partial charge is 0.466 e. The number of hydrogen-bond acceptors (Lipinski definition) is 8. The zero-order valence-corrected chi connectivity index (χ0v) is 27.7. The number of esters is 2. The lowest BCUT2D eigenvalue weighted by molar-refractivity contribution is -0.141. The molecule has 3 aromatic carbocycles. The molecule has 4 aliphatic rings. The number of aryl methyl sites for hydroxylation is 1. The minimum Gasteiger partial charge on any atom is -0.466 e. The molecule has 7 rings (SSSR count). The second kappa shape index (κ2) is 13.6. The molecule has 0 saturated heterocycles. The molecule has 0 spiro atoms. The maximum Gasteiger partial charge on any atom is 0.338 e. The molecule has 2 heterocycles. The number of benzene rings is 3. The molecule has 49 heavy (non-hydrogen) atoms. The van der Waals surface area contributed by atoms with Crippen molar-refractivity contribution in [2.45, 2.75) is 102 Å². The quantitative estimate of drug-likeness (QED) is 0.146. The first-order valence-electron chi connectivity index (χ1n) is 17.5. The van der Waals surface area contributed by atoms with Gasteiger partial charge in [-0.3, -0.25) is 33.8 Å². The first-order chi connectivity index (χ1) is 23.7. The van der Waals surface area contributed by atoms with Gasteiger partial charge in [-0.1, -0.05) is 31.4 Å². The SMILES string of the molecule is CC(=O)OCCCCc1ccc(C(=O)OC2CCC(N3C(=O)c4ccc5c6c(ccc(c46)C3=O)C(=O)N(C3CCCCC3)C5=O)CC2)cc1. The van der Waals surface area contributed by atoms with E-state index in [-0.39, 0.29) is 36.0 Å². The fraction of sp³-hybridized carbons (Fsp3) is 0.436. The Bertz CT molecular complexity index is 1780. The highest BCUT2D eigenvalue weighted by Gasteiger charge is 2.44. The molecule has 2 fully saturated rings. The van der Waals surface area contributed by atoms with Gasteiger partial charge in [-0.15, -0.1) is 0 Å². The van der Waals surface area contributed by atoms with Crippen LogP contribution in [0.4, 0.5) is 0 Å². The van der Waals surface area contributed by atoms with Gasteiger partial charge in [0, 0.05) is 52.0 Å². The van der Waals surface area contributed by atoms with Crippen molar-refractivity contribution in [2.24, 2.45) is 0 Å². The maximum atomic E-state index is 13.9. The van der Waals surface area contributed by atoms with Crippen LogP contribution in [-0.4, -0.2) is 70.2 Å². The standard InChI is InChI=1S/C39H40N2O8/c1-23(42)48-22-6-5-7-24-10-12-25(13-11-24)39(47)49-28-16-14-27(15-17-28)41-37(45)31-20-18-29-33-30(19-21-32(34(31)33)38(41)46)36(44)40(35(29)43)26-8-3-2-4-9-26/h10-13,18-21,26-28H,2-9,14-17,22H2,1H3. The summed E-state index contributed by atoms with van der Waals surface area (Å²) in [4.78, 5) is 81.8. The van der Waals surface area contributed by atoms with Gasteiger partial charge in [-0.25, -0.2) is 4.79 Å². The van der Waals surface area contributed by atoms with E-state index in [0.717, 1.165) is 56.9 Å². The summed E-state index contributed by atoms with van der Waals surface area (Å²) < 4.78 is 10.8. The topological polar surface area (TPSA) is 127 Å². The van der Waals surface area contributed by atoms with Crippen LogP contribution in [0.1, 0.15) is 135 Å². The average molecular weight is 665 g/mol. The Morgan fingerprint density at radius 3 is 1.61 bits per heavy atom. The number of rotatable bonds is 9. The number of carbonyl (C=O) groups excluding carboxylic acids is 6. The third-order valence-electron chi connectivity index (χ3n) is 10.5. The third kappa shape index (κ3) is 6.13. The smallest absolute Gasteiger partial charge is 0.338 e. The van der Waals surface area contributed by atoms with Crippen molar-refractivity contribution >= 4 is 46.3 Å². The van der Waals surface area contributed by atoms with E-state index in [1.165, 1.54) is 16.7 Å². The second-order valence-corrected chi connectivity index (χ2v) is 13.7. The first kappa shape index (κ1) is 32.7. The molecule has 0 radical (unpaired) electrons. The van der Waals surface area contributed by atoms with Gasteiger partial charge in [-0.05, 0) is 99.7 Å². The minimum absolute atomic E-state index is 0.139. The Balaban J connectivity index is 0.998. The van der Waals surface area contributed by atoms with Crippen LogP contribution in [0.2, 0.25) is 0 Å². The highest BCUT2D eigenvalue weighted by atomic mass is 16.5. The summed E-state index contributed by atoms with van der Waals surface area (Å²) in [5, 5.41) is 0.795. The van der Waals surface area contributed by atoms with Crippen molar-refractivity contribution in [3.8, 4) is 0 Å². The fourth-order valence-corrected chi connectivity index (χ4v) is 8.01. The lowest BCUT2D eigenvalue weighted by Crippen LogP contribution is -2.50. The monoisotopic (exact) mass is 664 g/mol. The summed E-state index contributed by atoms with van der Waals surface area (Å²) >= 11 is 0. The molecule has 2 aliphatic carbocycles. The molecule has 2 saturated carbocycles. The van der Waals surface area contributed by atoms with E-state index in [4.69, 9.17) is 9.47 Å². The molecular weight excluding hydrogens is 624 g/mol. The van der Waals surface area contributed by atoms with Crippen LogP contribution in [0.25, 0.3) is 10.8 Å². The van der Waals surface area contributed by atoms with Crippen molar-refractivity contribution in [1.29, 1.82) is 0 Å². The van der Waals surface area contributed by atoms with Crippen molar-refractivity contribution in [3.05, 3.63) is 81.9 Å². The summed E-state index contributed by atoms with van der Waals surface area (Å²) in [5.74, 6) is -2.25. The molecule has 0 unspecified atom stereocenters. The zero-order chi connectivity index (χ0) is 34.2. The fourth-order valence-electron chi connectivity index (χ4n) is 8.01. The van der Waals surface area contributed by atoms with Crippen molar-refractivity contribution < 1.29 is 38.2 Å². The van der Waals surface area contributed by atoms with Crippen LogP contribution in [0, 0.1) is 0 Å². The lowest BCUT2D eigenvalue weighted by atomic mass is 9.83. The molecule has 2 aliphatic heterocycles. The molecule has 3 aromatic rings. The Morgan fingerprint density at radius 1 is 0.633 bits per heavy atom. The Morgan fingerprint density at radius 2 is 1.12 bits per heavy atom. The van der Waals surface area contributed by atoms with Gasteiger partial charge in [0.25, 0.3) is 23.6 Å². The molecule has 254 valence electrons. The van der Waals surface area contributed by atoms with E-state index < -0.39 is 17.8 Å². The van der Waals surface area contributed by atoms with E-state index in [9.17, 15) is 28.8 Å². The van der Waals surface area contributed by atoms with Crippen LogP contribution in [0.3, 0.4) is 0 Å². The number of imide groups is 2. The number of ether oxygens (including phenoxy) is 2. The van der Waals surface area contributed by atoms with Crippen LogP contribution in [-0.2, 0) is 20.7 Å². The predicted molar refractivity (Wildman–Crippen MR) is 179 cm³/mol. The van der Waals surface area contributed by atoms with E-state index >= 15 is 0 Å². The third-order valence-corrected chi connectivity index (χ3v) is 10.5. The van der Waals surface area contributed by atoms with Crippen LogP contribution < -0.4 is 0 Å². The zero-order valence-electron chi connectivity index (χ0n) is 27.7. The average Bonchev–Trinajstić information content (AvgIpc) is 3.11. The molecule has 10 heteroatoms. The van der Waals surface area contributed by atoms with Crippen molar-refractivity contribution in [3.63, 3.8) is 0 Å². The summed E-state index contributed by atoms with van der Waals surface area (Å²) in [6, 6.07) is 13.3. The summed E-state index contributed by atoms with van der Waals surface area (Å²) in [6.45, 7) is 1.79. The number of carbonyl (C=O) groups is 6. The Kier molecular flexibility index (Phi) is 9.05. The molecule has 10 nitrogen and oxygen atoms in total. The number of hydrogen-bond donors (Lipinski definition) is 0. The van der Waals surface area contributed by atoms with E-state index in [2.05, 4.69) is 0 Å². The number of unbranched alkanes of at least 4 members (excludes halogenated alkanes) is 1. The van der Waals surface area contributed by atoms with E-state index in [1.54, 1.807) is 36.4 Å². The van der Waals surface area contributed by atoms with Gasteiger partial charge < -0.3 is 9.47 Å². The molecule has 0 aromatic heterocycles. The number of amides is 4. The highest BCUT2D eigenvalue weighted by molar-refractivity contribution is 6.33. The molecule has 0 bridgehead atoms. The lowest BCUT2D eigenvalue weighted by Gasteiger charge is -2.39. The van der Waals surface area contributed by atoms with Gasteiger partial charge in [0.15, 0.2) is 0 Å². The second-order valence-electron chi connectivity index (χ2n) is 13.7. The van der Waals surface area contributed by atoms with Crippen LogP contribution in [0.15, 0.2) is 48.5 Å². The molecule has 0 atom stereocenters. The number of nitrogens with zero attached hydrogens (tertiary/aromatic N) is 2. The van der Waals surface area contributed by atoms with Crippen LogP contribution >= 0.6 is 0 Å². The predicted octanol–water partition coefficient (Wildman–Crippen LogP) is 6.42. The van der Waals surface area contributed by atoms with Gasteiger partial charge >= 0.3 is 11.9 Å². The maximum absolute atomic E-state index is 13.9. The van der Waals surface area contributed by atoms with Crippen molar-refractivity contribution in [2.75, 3.05) is 6.61 Å². The molecular formula is C39H40N2O8. The van der Waals surface area contributed by atoms with Gasteiger partial charge in [0.1, 0.15) is 6.10 Å². The van der Waals surface area contributed by atoms with E-state index in [1.807, 2.05) is 12.1 Å². The van der Waals surface area contributed by atoms with Crippen LogP contribution in [0.5, 0.6) is 0 Å². The highest BCUT2D eigenvalue weighted by Crippen LogP contribution is 2.41. The summed E-state index contributed by atoms with van der Waals surface area (Å²) in [7, 11) is 0. The van der Waals surface area contributed by atoms with E-state index in [0.29, 0.717) is 70.9 Å². The molecule has 4 amide bonds. The summed E-state index contributed by atoms with van der Waals surface area (Å²) in [6.07, 6.45) is 8.73. The van der Waals surface area contributed by atoms with Gasteiger partial charge in [0.2, 0.25) is 0 Å².